The Labute approximate surface area is 201 Å². The van der Waals surface area contributed by atoms with E-state index in [0.717, 1.165) is 21.7 Å². The van der Waals surface area contributed by atoms with Crippen molar-refractivity contribution >= 4 is 45.0 Å². The SMILES string of the molecule is C[C@H](O)Cn1cc(C(=O)COc2cc3ccc(Cl)cc3cc2C(N)=O)c2ccc(C3CC3)cc21. The molecule has 0 radical (unpaired) electrons. The minimum atomic E-state index is -0.648. The average Bonchev–Trinajstić information content (AvgIpc) is 3.59. The van der Waals surface area contributed by atoms with Gasteiger partial charge in [0.2, 0.25) is 5.78 Å². The van der Waals surface area contributed by atoms with Crippen LogP contribution in [0.4, 0.5) is 0 Å². The van der Waals surface area contributed by atoms with Crippen molar-refractivity contribution in [2.75, 3.05) is 6.61 Å². The van der Waals surface area contributed by atoms with E-state index in [9.17, 15) is 14.7 Å². The van der Waals surface area contributed by atoms with Crippen molar-refractivity contribution in [3.63, 3.8) is 0 Å². The first-order valence-corrected chi connectivity index (χ1v) is 11.7. The molecule has 174 valence electrons. The van der Waals surface area contributed by atoms with Gasteiger partial charge in [0.05, 0.1) is 11.7 Å². The lowest BCUT2D eigenvalue weighted by Crippen LogP contribution is -2.16. The number of aliphatic hydroxyl groups excluding tert-OH is 1. The Morgan fingerprint density at radius 3 is 2.62 bits per heavy atom. The summed E-state index contributed by atoms with van der Waals surface area (Å²) in [6, 6.07) is 14.8. The summed E-state index contributed by atoms with van der Waals surface area (Å²) >= 11 is 6.06. The summed E-state index contributed by atoms with van der Waals surface area (Å²) in [5.74, 6) is -0.0400. The van der Waals surface area contributed by atoms with E-state index in [1.165, 1.54) is 18.4 Å². The highest BCUT2D eigenvalue weighted by Crippen LogP contribution is 2.41. The number of amides is 1. The van der Waals surface area contributed by atoms with Gasteiger partial charge in [-0.1, -0.05) is 29.8 Å². The number of hydrogen-bond acceptors (Lipinski definition) is 4. The fourth-order valence-corrected chi connectivity index (χ4v) is 4.60. The Bertz CT molecular complexity index is 1440. The van der Waals surface area contributed by atoms with Crippen LogP contribution >= 0.6 is 11.6 Å². The highest BCUT2D eigenvalue weighted by atomic mass is 35.5. The van der Waals surface area contributed by atoms with E-state index >= 15 is 0 Å². The van der Waals surface area contributed by atoms with E-state index < -0.39 is 12.0 Å². The molecule has 1 atom stereocenters. The van der Waals surface area contributed by atoms with Gasteiger partial charge in [-0.25, -0.2) is 0 Å². The van der Waals surface area contributed by atoms with Gasteiger partial charge in [0.15, 0.2) is 6.61 Å². The summed E-state index contributed by atoms with van der Waals surface area (Å²) < 4.78 is 7.75. The molecule has 5 rings (SSSR count). The fraction of sp³-hybridized carbons (Fsp3) is 0.259. The summed E-state index contributed by atoms with van der Waals surface area (Å²) in [6.07, 6.45) is 3.59. The molecule has 6 nitrogen and oxygen atoms in total. The molecule has 1 fully saturated rings. The molecule has 1 aliphatic rings. The number of fused-ring (bicyclic) bond motifs is 2. The number of ketones is 1. The summed E-state index contributed by atoms with van der Waals surface area (Å²) in [7, 11) is 0. The zero-order valence-corrected chi connectivity index (χ0v) is 19.5. The molecule has 0 saturated heterocycles. The first-order chi connectivity index (χ1) is 16.3. The minimum Gasteiger partial charge on any atom is -0.485 e. The highest BCUT2D eigenvalue weighted by Gasteiger charge is 2.25. The van der Waals surface area contributed by atoms with E-state index in [1.54, 1.807) is 37.4 Å². The molecule has 0 spiro atoms. The van der Waals surface area contributed by atoms with Crippen molar-refractivity contribution in [3.05, 3.63) is 76.4 Å². The maximum Gasteiger partial charge on any atom is 0.252 e. The number of hydrogen-bond donors (Lipinski definition) is 2. The van der Waals surface area contributed by atoms with Crippen LogP contribution in [0.2, 0.25) is 5.02 Å². The van der Waals surface area contributed by atoms with Crippen molar-refractivity contribution in [3.8, 4) is 5.75 Å². The van der Waals surface area contributed by atoms with Crippen molar-refractivity contribution in [1.29, 1.82) is 0 Å². The quantitative estimate of drug-likeness (QED) is 0.347. The highest BCUT2D eigenvalue weighted by molar-refractivity contribution is 6.31. The molecule has 0 aliphatic heterocycles. The lowest BCUT2D eigenvalue weighted by Gasteiger charge is -2.11. The smallest absolute Gasteiger partial charge is 0.252 e. The summed E-state index contributed by atoms with van der Waals surface area (Å²) in [6.45, 7) is 1.86. The Balaban J connectivity index is 1.46. The second-order valence-electron chi connectivity index (χ2n) is 9.01. The largest absolute Gasteiger partial charge is 0.485 e. The summed E-state index contributed by atoms with van der Waals surface area (Å²) in [5, 5.41) is 12.9. The number of ether oxygens (including phenoxy) is 1. The van der Waals surface area contributed by atoms with Crippen LogP contribution in [0.25, 0.3) is 21.7 Å². The number of rotatable bonds is 8. The predicted molar refractivity (Wildman–Crippen MR) is 133 cm³/mol. The molecule has 1 saturated carbocycles. The number of aliphatic hydroxyl groups is 1. The number of aromatic nitrogens is 1. The molecule has 4 aromatic rings. The average molecular weight is 477 g/mol. The van der Waals surface area contributed by atoms with Gasteiger partial charge in [-0.15, -0.1) is 0 Å². The molecule has 1 amide bonds. The molecule has 1 aromatic heterocycles. The van der Waals surface area contributed by atoms with Crippen LogP contribution in [0, 0.1) is 0 Å². The number of nitrogens with two attached hydrogens (primary N) is 1. The molecule has 34 heavy (non-hydrogen) atoms. The standard InChI is InChI=1S/C27H25ClN2O4/c1-15(31)12-30-13-23(21-7-5-17(10-24(21)30)16-2-3-16)25(32)14-34-26-11-18-4-6-20(28)8-19(18)9-22(26)27(29)33/h4-11,13,15-16,31H,2-3,12,14H2,1H3,(H2,29,33)/t15-/m0/s1. The summed E-state index contributed by atoms with van der Waals surface area (Å²) in [5.41, 5.74) is 8.46. The predicted octanol–water partition coefficient (Wildman–Crippen LogP) is 5.07. The van der Waals surface area contributed by atoms with Crippen LogP contribution in [0.5, 0.6) is 5.75 Å². The topological polar surface area (TPSA) is 94.6 Å². The summed E-state index contributed by atoms with van der Waals surface area (Å²) in [4.78, 5) is 25.3. The van der Waals surface area contributed by atoms with Crippen molar-refractivity contribution < 1.29 is 19.4 Å². The van der Waals surface area contributed by atoms with Crippen LogP contribution in [0.3, 0.4) is 0 Å². The number of halogens is 1. The number of primary amides is 1. The van der Waals surface area contributed by atoms with Crippen molar-refractivity contribution in [1.82, 2.24) is 4.57 Å². The second-order valence-corrected chi connectivity index (χ2v) is 9.45. The van der Waals surface area contributed by atoms with Crippen molar-refractivity contribution in [2.45, 2.75) is 38.3 Å². The molecule has 0 bridgehead atoms. The first-order valence-electron chi connectivity index (χ1n) is 11.3. The number of carbonyl (C=O) groups excluding carboxylic acids is 2. The third-order valence-electron chi connectivity index (χ3n) is 6.24. The maximum atomic E-state index is 13.2. The number of benzene rings is 3. The molecule has 7 heteroatoms. The van der Waals surface area contributed by atoms with E-state index in [0.29, 0.717) is 23.0 Å². The molecule has 1 aliphatic carbocycles. The van der Waals surface area contributed by atoms with E-state index in [4.69, 9.17) is 22.1 Å². The van der Waals surface area contributed by atoms with Gasteiger partial charge in [0, 0.05) is 34.2 Å². The third kappa shape index (κ3) is 4.39. The van der Waals surface area contributed by atoms with E-state index in [2.05, 4.69) is 12.1 Å². The Kier molecular flexibility index (Phi) is 5.80. The lowest BCUT2D eigenvalue weighted by molar-refractivity contribution is 0.0913. The number of Topliss-reactive ketones (excluding diaryl/α,β-unsaturated/α-hetero) is 1. The Hall–Kier alpha value is -3.35. The lowest BCUT2D eigenvalue weighted by atomic mass is 10.0. The van der Waals surface area contributed by atoms with Crippen LogP contribution in [0.15, 0.2) is 54.7 Å². The van der Waals surface area contributed by atoms with E-state index in [-0.39, 0.29) is 23.7 Å². The van der Waals surface area contributed by atoms with Crippen LogP contribution < -0.4 is 10.5 Å². The Morgan fingerprint density at radius 1 is 1.12 bits per heavy atom. The molecule has 3 aromatic carbocycles. The van der Waals surface area contributed by atoms with Gasteiger partial charge in [-0.05, 0) is 72.4 Å². The zero-order valence-electron chi connectivity index (χ0n) is 18.8. The van der Waals surface area contributed by atoms with Crippen LogP contribution in [-0.4, -0.2) is 34.1 Å². The van der Waals surface area contributed by atoms with Crippen LogP contribution in [0.1, 0.15) is 52.0 Å². The van der Waals surface area contributed by atoms with Crippen LogP contribution in [-0.2, 0) is 6.54 Å². The molecule has 1 heterocycles. The Morgan fingerprint density at radius 2 is 1.91 bits per heavy atom. The van der Waals surface area contributed by atoms with Gasteiger partial charge >= 0.3 is 0 Å². The van der Waals surface area contributed by atoms with Gasteiger partial charge in [0.25, 0.3) is 5.91 Å². The van der Waals surface area contributed by atoms with E-state index in [1.807, 2.05) is 16.7 Å². The molecular weight excluding hydrogens is 452 g/mol. The normalized spacial score (nSPS) is 14.4. The zero-order chi connectivity index (χ0) is 24.0. The van der Waals surface area contributed by atoms with Gasteiger partial charge < -0.3 is 20.1 Å². The molecule has 0 unspecified atom stereocenters. The maximum absolute atomic E-state index is 13.2. The molecular formula is C27H25ClN2O4. The minimum absolute atomic E-state index is 0.188. The van der Waals surface area contributed by atoms with Crippen molar-refractivity contribution in [2.24, 2.45) is 5.73 Å². The van der Waals surface area contributed by atoms with Gasteiger partial charge in [0.1, 0.15) is 5.75 Å². The number of nitrogens with zero attached hydrogens (tertiary/aromatic N) is 1. The molecule has 3 N–H and O–H groups in total. The monoisotopic (exact) mass is 476 g/mol. The third-order valence-corrected chi connectivity index (χ3v) is 6.48. The second kappa shape index (κ2) is 8.78. The van der Waals surface area contributed by atoms with Gasteiger partial charge in [-0.3, -0.25) is 9.59 Å². The fourth-order valence-electron chi connectivity index (χ4n) is 4.42. The number of carbonyl (C=O) groups is 2. The first kappa shape index (κ1) is 22.4. The van der Waals surface area contributed by atoms with Gasteiger partial charge in [-0.2, -0.15) is 0 Å².